The lowest BCUT2D eigenvalue weighted by Crippen LogP contribution is -2.50. The Morgan fingerprint density at radius 1 is 1.00 bits per heavy atom. The molecule has 2 heterocycles. The summed E-state index contributed by atoms with van der Waals surface area (Å²) in [5, 5.41) is 5.70. The van der Waals surface area contributed by atoms with Crippen LogP contribution in [0.2, 0.25) is 0 Å². The molecule has 0 saturated carbocycles. The Hall–Kier alpha value is -3.03. The summed E-state index contributed by atoms with van der Waals surface area (Å²) in [4.78, 5) is 33.9. The van der Waals surface area contributed by atoms with E-state index in [0.717, 1.165) is 27.4 Å². The average Bonchev–Trinajstić information content (AvgIpc) is 3.28. The topological polar surface area (TPSA) is 65.5 Å². The minimum atomic E-state index is -0.0425. The molecule has 1 saturated heterocycles. The standard InChI is InChI=1S/C25H28N4O2S/c1-17-7-9-20(10-8-17)24-27-22(16-32-24)25(31)29-13-11-28(12-14-29)15-23(30)26-21-6-4-5-18(2)19(21)3/h4-10,16H,11-15H2,1-3H3,(H,26,30). The van der Waals surface area contributed by atoms with Gasteiger partial charge in [-0.3, -0.25) is 14.5 Å². The molecule has 1 fully saturated rings. The largest absolute Gasteiger partial charge is 0.335 e. The second-order valence-electron chi connectivity index (χ2n) is 8.27. The summed E-state index contributed by atoms with van der Waals surface area (Å²) in [6, 6.07) is 14.1. The molecule has 0 bridgehead atoms. The first-order chi connectivity index (χ1) is 15.4. The molecule has 2 amide bonds. The molecular formula is C25H28N4O2S. The van der Waals surface area contributed by atoms with Gasteiger partial charge in [-0.2, -0.15) is 0 Å². The first-order valence-corrected chi connectivity index (χ1v) is 11.7. The molecule has 1 aromatic heterocycles. The Labute approximate surface area is 192 Å². The van der Waals surface area contributed by atoms with E-state index in [9.17, 15) is 9.59 Å². The fourth-order valence-corrected chi connectivity index (χ4v) is 4.55. The Kier molecular flexibility index (Phi) is 6.67. The highest BCUT2D eigenvalue weighted by molar-refractivity contribution is 7.13. The Balaban J connectivity index is 1.30. The molecule has 1 aliphatic rings. The normalized spacial score (nSPS) is 14.4. The van der Waals surface area contributed by atoms with Crippen molar-refractivity contribution in [1.82, 2.24) is 14.8 Å². The zero-order valence-electron chi connectivity index (χ0n) is 18.7. The van der Waals surface area contributed by atoms with Gasteiger partial charge in [0.2, 0.25) is 5.91 Å². The van der Waals surface area contributed by atoms with Gasteiger partial charge in [-0.25, -0.2) is 4.98 Å². The van der Waals surface area contributed by atoms with Crippen LogP contribution in [0.25, 0.3) is 10.6 Å². The number of carbonyl (C=O) groups excluding carboxylic acids is 2. The van der Waals surface area contributed by atoms with Crippen molar-refractivity contribution >= 4 is 28.8 Å². The number of piperazine rings is 1. The number of amides is 2. The fraction of sp³-hybridized carbons (Fsp3) is 0.320. The van der Waals surface area contributed by atoms with Gasteiger partial charge in [0.1, 0.15) is 10.7 Å². The molecule has 4 rings (SSSR count). The molecule has 1 N–H and O–H groups in total. The van der Waals surface area contributed by atoms with Gasteiger partial charge in [-0.05, 0) is 38.0 Å². The monoisotopic (exact) mass is 448 g/mol. The van der Waals surface area contributed by atoms with E-state index in [-0.39, 0.29) is 11.8 Å². The third kappa shape index (κ3) is 5.06. The minimum Gasteiger partial charge on any atom is -0.335 e. The number of aryl methyl sites for hydroxylation is 2. The van der Waals surface area contributed by atoms with Crippen molar-refractivity contribution < 1.29 is 9.59 Å². The second kappa shape index (κ2) is 9.63. The maximum Gasteiger partial charge on any atom is 0.273 e. The molecule has 32 heavy (non-hydrogen) atoms. The molecule has 166 valence electrons. The summed E-state index contributed by atoms with van der Waals surface area (Å²) in [5.74, 6) is -0.0696. The Morgan fingerprint density at radius 2 is 1.72 bits per heavy atom. The second-order valence-corrected chi connectivity index (χ2v) is 9.13. The van der Waals surface area contributed by atoms with Crippen LogP contribution in [0.1, 0.15) is 27.2 Å². The summed E-state index contributed by atoms with van der Waals surface area (Å²) in [6.07, 6.45) is 0. The predicted molar refractivity (Wildman–Crippen MR) is 129 cm³/mol. The quantitative estimate of drug-likeness (QED) is 0.637. The molecule has 2 aromatic carbocycles. The van der Waals surface area contributed by atoms with E-state index in [1.165, 1.54) is 16.9 Å². The molecule has 3 aromatic rings. The Morgan fingerprint density at radius 3 is 2.44 bits per heavy atom. The average molecular weight is 449 g/mol. The van der Waals surface area contributed by atoms with Gasteiger partial charge in [-0.15, -0.1) is 11.3 Å². The number of anilines is 1. The number of carbonyl (C=O) groups is 2. The van der Waals surface area contributed by atoms with Crippen molar-refractivity contribution in [3.8, 4) is 10.6 Å². The van der Waals surface area contributed by atoms with Crippen molar-refractivity contribution in [2.24, 2.45) is 0 Å². The van der Waals surface area contributed by atoms with Crippen molar-refractivity contribution in [3.63, 3.8) is 0 Å². The van der Waals surface area contributed by atoms with Crippen LogP contribution in [0, 0.1) is 20.8 Å². The number of rotatable bonds is 5. The molecule has 0 atom stereocenters. The molecule has 0 spiro atoms. The van der Waals surface area contributed by atoms with Crippen LogP contribution in [-0.4, -0.2) is 59.3 Å². The van der Waals surface area contributed by atoms with E-state index in [0.29, 0.717) is 38.4 Å². The van der Waals surface area contributed by atoms with Crippen LogP contribution < -0.4 is 5.32 Å². The van der Waals surface area contributed by atoms with Gasteiger partial charge >= 0.3 is 0 Å². The number of benzene rings is 2. The number of nitrogens with zero attached hydrogens (tertiary/aromatic N) is 3. The van der Waals surface area contributed by atoms with E-state index in [2.05, 4.69) is 15.2 Å². The summed E-state index contributed by atoms with van der Waals surface area (Å²) in [7, 11) is 0. The first kappa shape index (κ1) is 22.2. The maximum atomic E-state index is 12.9. The smallest absolute Gasteiger partial charge is 0.273 e. The van der Waals surface area contributed by atoms with Crippen LogP contribution in [0.15, 0.2) is 47.8 Å². The molecule has 1 aliphatic heterocycles. The lowest BCUT2D eigenvalue weighted by Gasteiger charge is -2.34. The van der Waals surface area contributed by atoms with Crippen molar-refractivity contribution in [3.05, 3.63) is 70.2 Å². The zero-order valence-corrected chi connectivity index (χ0v) is 19.5. The van der Waals surface area contributed by atoms with Crippen LogP contribution in [0.3, 0.4) is 0 Å². The van der Waals surface area contributed by atoms with E-state index in [4.69, 9.17) is 0 Å². The lowest BCUT2D eigenvalue weighted by molar-refractivity contribution is -0.117. The number of nitrogens with one attached hydrogen (secondary N) is 1. The number of aromatic nitrogens is 1. The highest BCUT2D eigenvalue weighted by Gasteiger charge is 2.25. The molecule has 7 heteroatoms. The summed E-state index contributed by atoms with van der Waals surface area (Å²) in [5.41, 5.74) is 5.82. The van der Waals surface area contributed by atoms with Crippen molar-refractivity contribution in [2.45, 2.75) is 20.8 Å². The lowest BCUT2D eigenvalue weighted by atomic mass is 10.1. The van der Waals surface area contributed by atoms with E-state index >= 15 is 0 Å². The first-order valence-electron chi connectivity index (χ1n) is 10.8. The van der Waals surface area contributed by atoms with Crippen molar-refractivity contribution in [2.75, 3.05) is 38.0 Å². The van der Waals surface area contributed by atoms with Crippen molar-refractivity contribution in [1.29, 1.82) is 0 Å². The molecule has 0 radical (unpaired) electrons. The van der Waals surface area contributed by atoms with Crippen LogP contribution >= 0.6 is 11.3 Å². The molecular weight excluding hydrogens is 420 g/mol. The molecule has 6 nitrogen and oxygen atoms in total. The number of hydrogen-bond donors (Lipinski definition) is 1. The number of thiazole rings is 1. The summed E-state index contributed by atoms with van der Waals surface area (Å²) < 4.78 is 0. The van der Waals surface area contributed by atoms with E-state index in [1.54, 1.807) is 0 Å². The van der Waals surface area contributed by atoms with E-state index in [1.807, 2.05) is 73.5 Å². The SMILES string of the molecule is Cc1ccc(-c2nc(C(=O)N3CCN(CC(=O)Nc4cccc(C)c4C)CC3)cs2)cc1. The van der Waals surface area contributed by atoms with Crippen LogP contribution in [0.5, 0.6) is 0 Å². The third-order valence-corrected chi connectivity index (χ3v) is 6.82. The van der Waals surface area contributed by atoms with Gasteiger partial charge in [0.25, 0.3) is 5.91 Å². The minimum absolute atomic E-state index is 0.0271. The fourth-order valence-electron chi connectivity index (χ4n) is 3.75. The van der Waals surface area contributed by atoms with Gasteiger partial charge in [0.05, 0.1) is 6.54 Å². The highest BCUT2D eigenvalue weighted by Crippen LogP contribution is 2.25. The van der Waals surface area contributed by atoms with Gasteiger partial charge in [0, 0.05) is 42.8 Å². The molecule has 0 unspecified atom stereocenters. The third-order valence-electron chi connectivity index (χ3n) is 5.93. The van der Waals surface area contributed by atoms with Gasteiger partial charge < -0.3 is 10.2 Å². The van der Waals surface area contributed by atoms with E-state index < -0.39 is 0 Å². The summed E-state index contributed by atoms with van der Waals surface area (Å²) in [6.45, 7) is 8.93. The van der Waals surface area contributed by atoms with Gasteiger partial charge in [-0.1, -0.05) is 42.0 Å². The maximum absolute atomic E-state index is 12.9. The van der Waals surface area contributed by atoms with Gasteiger partial charge in [0.15, 0.2) is 0 Å². The zero-order chi connectivity index (χ0) is 22.7. The highest BCUT2D eigenvalue weighted by atomic mass is 32.1. The molecule has 0 aliphatic carbocycles. The Bertz CT molecular complexity index is 1120. The number of hydrogen-bond acceptors (Lipinski definition) is 5. The van der Waals surface area contributed by atoms with Crippen LogP contribution in [-0.2, 0) is 4.79 Å². The summed E-state index contributed by atoms with van der Waals surface area (Å²) >= 11 is 1.49. The predicted octanol–water partition coefficient (Wildman–Crippen LogP) is 4.13. The van der Waals surface area contributed by atoms with Crippen LogP contribution in [0.4, 0.5) is 5.69 Å².